The highest BCUT2D eigenvalue weighted by Crippen LogP contribution is 2.16. The average Bonchev–Trinajstić information content (AvgIpc) is 2.53. The summed E-state index contributed by atoms with van der Waals surface area (Å²) in [5.41, 5.74) is 2.78. The normalized spacial score (nSPS) is 18.4. The molecular weight excluding hydrogens is 280 g/mol. The summed E-state index contributed by atoms with van der Waals surface area (Å²) in [6, 6.07) is 8.54. The highest BCUT2D eigenvalue weighted by molar-refractivity contribution is 7.98. The number of rotatable bonds is 7. The Hall–Kier alpha value is -1.00. The summed E-state index contributed by atoms with van der Waals surface area (Å²) in [5.74, 6) is 2.56. The Morgan fingerprint density at radius 2 is 2.29 bits per heavy atom. The first-order chi connectivity index (χ1) is 10.3. The number of carbonyl (C=O) groups excluding carboxylic acids is 1. The first-order valence-electron chi connectivity index (χ1n) is 7.88. The summed E-state index contributed by atoms with van der Waals surface area (Å²) in [4.78, 5) is 11.9. The first kappa shape index (κ1) is 16.4. The van der Waals surface area contributed by atoms with Crippen molar-refractivity contribution in [3.8, 4) is 0 Å². The van der Waals surface area contributed by atoms with Gasteiger partial charge in [0.05, 0.1) is 5.92 Å². The Morgan fingerprint density at radius 1 is 1.43 bits per heavy atom. The van der Waals surface area contributed by atoms with Gasteiger partial charge in [0.1, 0.15) is 0 Å². The lowest BCUT2D eigenvalue weighted by molar-refractivity contribution is -0.125. The van der Waals surface area contributed by atoms with Crippen LogP contribution in [0.2, 0.25) is 0 Å². The van der Waals surface area contributed by atoms with Gasteiger partial charge in [0.15, 0.2) is 0 Å². The second-order valence-electron chi connectivity index (χ2n) is 5.67. The molecule has 0 unspecified atom stereocenters. The molecule has 4 heteroatoms. The maximum atomic E-state index is 11.9. The molecule has 21 heavy (non-hydrogen) atoms. The Bertz CT molecular complexity index is 444. The largest absolute Gasteiger partial charge is 0.356 e. The maximum Gasteiger partial charge on any atom is 0.224 e. The van der Waals surface area contributed by atoms with E-state index < -0.39 is 0 Å². The van der Waals surface area contributed by atoms with Crippen LogP contribution in [0.3, 0.4) is 0 Å². The van der Waals surface area contributed by atoms with E-state index in [0.717, 1.165) is 50.4 Å². The average molecular weight is 306 g/mol. The van der Waals surface area contributed by atoms with Crippen LogP contribution in [0.1, 0.15) is 30.4 Å². The first-order valence-corrected chi connectivity index (χ1v) is 9.03. The minimum Gasteiger partial charge on any atom is -0.356 e. The fraction of sp³-hybridized carbons (Fsp3) is 0.588. The van der Waals surface area contributed by atoms with Gasteiger partial charge in [-0.2, -0.15) is 11.8 Å². The molecule has 116 valence electrons. The van der Waals surface area contributed by atoms with E-state index in [1.165, 1.54) is 11.1 Å². The summed E-state index contributed by atoms with van der Waals surface area (Å²) in [6.45, 7) is 4.86. The fourth-order valence-corrected chi connectivity index (χ4v) is 3.60. The number of hydrogen-bond donors (Lipinski definition) is 2. The van der Waals surface area contributed by atoms with Gasteiger partial charge >= 0.3 is 0 Å². The van der Waals surface area contributed by atoms with Gasteiger partial charge in [0, 0.05) is 18.8 Å². The summed E-state index contributed by atoms with van der Waals surface area (Å²) in [6.07, 6.45) is 3.19. The monoisotopic (exact) mass is 306 g/mol. The molecule has 1 saturated heterocycles. The van der Waals surface area contributed by atoms with Gasteiger partial charge in [-0.1, -0.05) is 24.3 Å². The van der Waals surface area contributed by atoms with Gasteiger partial charge in [-0.3, -0.25) is 4.79 Å². The summed E-state index contributed by atoms with van der Waals surface area (Å²) < 4.78 is 0. The summed E-state index contributed by atoms with van der Waals surface area (Å²) in [5, 5.41) is 6.36. The second kappa shape index (κ2) is 9.11. The zero-order valence-corrected chi connectivity index (χ0v) is 13.7. The second-order valence-corrected chi connectivity index (χ2v) is 6.77. The molecule has 0 aliphatic carbocycles. The molecule has 0 radical (unpaired) electrons. The van der Waals surface area contributed by atoms with Crippen molar-refractivity contribution < 1.29 is 4.79 Å². The molecule has 2 rings (SSSR count). The SMILES string of the molecule is Cc1ccccc1CSCCCNC(=O)[C@H]1CCCNC1. The molecule has 3 nitrogen and oxygen atoms in total. The number of piperidine rings is 1. The molecule has 1 heterocycles. The number of benzene rings is 1. The van der Waals surface area contributed by atoms with Crippen LogP contribution in [0.15, 0.2) is 24.3 Å². The third-order valence-corrected chi connectivity index (χ3v) is 5.04. The van der Waals surface area contributed by atoms with Crippen molar-refractivity contribution in [3.05, 3.63) is 35.4 Å². The van der Waals surface area contributed by atoms with Crippen molar-refractivity contribution in [3.63, 3.8) is 0 Å². The zero-order chi connectivity index (χ0) is 14.9. The molecule has 1 atom stereocenters. The molecule has 1 aliphatic heterocycles. The lowest BCUT2D eigenvalue weighted by Crippen LogP contribution is -2.40. The highest BCUT2D eigenvalue weighted by atomic mass is 32.2. The van der Waals surface area contributed by atoms with Crippen LogP contribution >= 0.6 is 11.8 Å². The van der Waals surface area contributed by atoms with E-state index in [9.17, 15) is 4.79 Å². The predicted molar refractivity (Wildman–Crippen MR) is 90.6 cm³/mol. The zero-order valence-electron chi connectivity index (χ0n) is 12.9. The molecule has 1 aromatic rings. The minimum atomic E-state index is 0.179. The lowest BCUT2D eigenvalue weighted by Gasteiger charge is -2.21. The Morgan fingerprint density at radius 3 is 3.05 bits per heavy atom. The number of aryl methyl sites for hydroxylation is 1. The third-order valence-electron chi connectivity index (χ3n) is 3.95. The standard InChI is InChI=1S/C17H26N2OS/c1-14-6-2-3-7-16(14)13-21-11-5-10-19-17(20)15-8-4-9-18-12-15/h2-3,6-7,15,18H,4-5,8-13H2,1H3,(H,19,20)/t15-/m0/s1. The van der Waals surface area contributed by atoms with Gasteiger partial charge in [0.2, 0.25) is 5.91 Å². The van der Waals surface area contributed by atoms with E-state index in [-0.39, 0.29) is 11.8 Å². The van der Waals surface area contributed by atoms with Crippen LogP contribution in [0.4, 0.5) is 0 Å². The van der Waals surface area contributed by atoms with E-state index in [0.29, 0.717) is 0 Å². The van der Waals surface area contributed by atoms with Crippen molar-refractivity contribution in [1.29, 1.82) is 0 Å². The molecule has 0 aromatic heterocycles. The Kier molecular flexibility index (Phi) is 7.10. The van der Waals surface area contributed by atoms with Gasteiger partial charge in [-0.15, -0.1) is 0 Å². The van der Waals surface area contributed by atoms with Crippen molar-refractivity contribution in [2.24, 2.45) is 5.92 Å². The number of carbonyl (C=O) groups is 1. The minimum absolute atomic E-state index is 0.179. The summed E-state index contributed by atoms with van der Waals surface area (Å²) >= 11 is 1.94. The number of amides is 1. The Balaban J connectivity index is 1.54. The van der Waals surface area contributed by atoms with Crippen LogP contribution in [-0.4, -0.2) is 31.3 Å². The van der Waals surface area contributed by atoms with Crippen LogP contribution in [0.25, 0.3) is 0 Å². The molecule has 0 spiro atoms. The Labute approximate surface area is 132 Å². The van der Waals surface area contributed by atoms with Gasteiger partial charge in [-0.25, -0.2) is 0 Å². The van der Waals surface area contributed by atoms with E-state index in [1.807, 2.05) is 11.8 Å². The molecule has 1 aliphatic rings. The van der Waals surface area contributed by atoms with Crippen LogP contribution in [-0.2, 0) is 10.5 Å². The van der Waals surface area contributed by atoms with Crippen LogP contribution in [0.5, 0.6) is 0 Å². The van der Waals surface area contributed by atoms with Crippen molar-refractivity contribution in [2.45, 2.75) is 31.9 Å². The maximum absolute atomic E-state index is 11.9. The molecule has 0 saturated carbocycles. The van der Waals surface area contributed by atoms with Gasteiger partial charge in [0.25, 0.3) is 0 Å². The van der Waals surface area contributed by atoms with Crippen LogP contribution < -0.4 is 10.6 Å². The van der Waals surface area contributed by atoms with E-state index in [2.05, 4.69) is 41.8 Å². The quantitative estimate of drug-likeness (QED) is 0.761. The summed E-state index contributed by atoms with van der Waals surface area (Å²) in [7, 11) is 0. The van der Waals surface area contributed by atoms with E-state index in [4.69, 9.17) is 0 Å². The highest BCUT2D eigenvalue weighted by Gasteiger charge is 2.19. The van der Waals surface area contributed by atoms with Gasteiger partial charge in [-0.05, 0) is 49.6 Å². The number of nitrogens with one attached hydrogen (secondary N) is 2. The van der Waals surface area contributed by atoms with Crippen molar-refractivity contribution >= 4 is 17.7 Å². The van der Waals surface area contributed by atoms with Crippen LogP contribution in [0, 0.1) is 12.8 Å². The third kappa shape index (κ3) is 5.71. The van der Waals surface area contributed by atoms with E-state index in [1.54, 1.807) is 0 Å². The predicted octanol–water partition coefficient (Wildman–Crippen LogP) is 2.73. The molecule has 1 aromatic carbocycles. The smallest absolute Gasteiger partial charge is 0.224 e. The topological polar surface area (TPSA) is 41.1 Å². The lowest BCUT2D eigenvalue weighted by atomic mass is 9.99. The van der Waals surface area contributed by atoms with Crippen molar-refractivity contribution in [2.75, 3.05) is 25.4 Å². The molecule has 1 fully saturated rings. The van der Waals surface area contributed by atoms with Gasteiger partial charge < -0.3 is 10.6 Å². The number of hydrogen-bond acceptors (Lipinski definition) is 3. The number of thioether (sulfide) groups is 1. The van der Waals surface area contributed by atoms with Crippen molar-refractivity contribution in [1.82, 2.24) is 10.6 Å². The molecule has 2 N–H and O–H groups in total. The molecule has 0 bridgehead atoms. The fourth-order valence-electron chi connectivity index (χ4n) is 2.56. The molecular formula is C17H26N2OS. The molecule has 1 amide bonds. The van der Waals surface area contributed by atoms with E-state index >= 15 is 0 Å².